The molecule has 1 amide bonds. The van der Waals surface area contributed by atoms with Crippen molar-refractivity contribution < 1.29 is 9.53 Å². The molecule has 0 N–H and O–H groups in total. The van der Waals surface area contributed by atoms with Crippen LogP contribution >= 0.6 is 0 Å². The van der Waals surface area contributed by atoms with E-state index in [-0.39, 0.29) is 10.9 Å². The number of hydrogen-bond donors (Lipinski definition) is 0. The van der Waals surface area contributed by atoms with E-state index in [2.05, 4.69) is 57.7 Å². The molecule has 0 aromatic carbocycles. The third-order valence-electron chi connectivity index (χ3n) is 4.23. The Morgan fingerprint density at radius 3 is 2.40 bits per heavy atom. The van der Waals surface area contributed by atoms with Crippen LogP contribution in [-0.2, 0) is 9.53 Å². The van der Waals surface area contributed by atoms with E-state index < -0.39 is 20.5 Å². The van der Waals surface area contributed by atoms with Crippen LogP contribution in [0, 0.1) is 5.92 Å². The molecule has 6 nitrogen and oxygen atoms in total. The summed E-state index contributed by atoms with van der Waals surface area (Å²) in [6, 6.07) is -0.701. The predicted molar refractivity (Wildman–Crippen MR) is 81.6 cm³/mol. The molecule has 0 saturated carbocycles. The lowest BCUT2D eigenvalue weighted by atomic mass is 10.1. The van der Waals surface area contributed by atoms with Crippen molar-refractivity contribution >= 4 is 14.1 Å². The molecule has 1 fully saturated rings. The monoisotopic (exact) mass is 298 g/mol. The van der Waals surface area contributed by atoms with Gasteiger partial charge in [-0.3, -0.25) is 4.79 Å². The van der Waals surface area contributed by atoms with Gasteiger partial charge < -0.3 is 9.30 Å². The second-order valence-corrected chi connectivity index (χ2v) is 12.4. The van der Waals surface area contributed by atoms with Gasteiger partial charge in [-0.25, -0.2) is 0 Å². The number of β-lactam (4-membered cyclic amide) rings is 1. The van der Waals surface area contributed by atoms with Crippen LogP contribution in [0.4, 0.5) is 0 Å². The minimum atomic E-state index is -2.01. The second-order valence-electron chi connectivity index (χ2n) is 7.28. The standard InChI is InChI=1S/C13H26N4O2Si/c1-9(2)8-19-12-10(15-16-14)11(18)17(12)20(6,7)13(3,4)5/h9-10,12H,8H2,1-7H3. The van der Waals surface area contributed by atoms with Crippen LogP contribution in [0.2, 0.25) is 18.1 Å². The molecule has 0 bridgehead atoms. The first-order valence-electron chi connectivity index (χ1n) is 7.03. The third-order valence-corrected chi connectivity index (χ3v) is 9.58. The highest BCUT2D eigenvalue weighted by molar-refractivity contribution is 6.80. The van der Waals surface area contributed by atoms with Crippen LogP contribution in [0.1, 0.15) is 34.6 Å². The zero-order valence-corrected chi connectivity index (χ0v) is 14.5. The molecule has 1 saturated heterocycles. The summed E-state index contributed by atoms with van der Waals surface area (Å²) in [5.74, 6) is 0.279. The van der Waals surface area contributed by atoms with Crippen LogP contribution < -0.4 is 0 Å². The van der Waals surface area contributed by atoms with Crippen molar-refractivity contribution in [2.75, 3.05) is 6.61 Å². The lowest BCUT2D eigenvalue weighted by Gasteiger charge is -2.56. The number of rotatable bonds is 5. The maximum Gasteiger partial charge on any atom is 0.230 e. The zero-order valence-electron chi connectivity index (χ0n) is 13.5. The molecule has 1 heterocycles. The molecule has 0 aromatic heterocycles. The van der Waals surface area contributed by atoms with E-state index in [1.807, 2.05) is 4.57 Å². The maximum absolute atomic E-state index is 12.3. The van der Waals surface area contributed by atoms with E-state index in [1.54, 1.807) is 0 Å². The van der Waals surface area contributed by atoms with Crippen LogP contribution in [-0.4, -0.2) is 37.6 Å². The Bertz CT molecular complexity index is 425. The Hall–Kier alpha value is -1.04. The quantitative estimate of drug-likeness (QED) is 0.256. The number of nitrogens with zero attached hydrogens (tertiary/aromatic N) is 4. The van der Waals surface area contributed by atoms with Gasteiger partial charge in [-0.1, -0.05) is 52.8 Å². The van der Waals surface area contributed by atoms with Gasteiger partial charge in [-0.2, -0.15) is 0 Å². The molecule has 2 atom stereocenters. The van der Waals surface area contributed by atoms with E-state index in [0.29, 0.717) is 12.5 Å². The first kappa shape index (κ1) is 17.0. The summed E-state index contributed by atoms with van der Waals surface area (Å²) in [6.45, 7) is 15.4. The SMILES string of the molecule is CC(C)COC1C(N=[N+]=[N-])C(=O)N1[Si](C)(C)C(C)(C)C. The molecule has 1 aliphatic heterocycles. The van der Waals surface area contributed by atoms with Crippen molar-refractivity contribution in [2.24, 2.45) is 11.0 Å². The van der Waals surface area contributed by atoms with Crippen LogP contribution in [0.5, 0.6) is 0 Å². The topological polar surface area (TPSA) is 78.3 Å². The summed E-state index contributed by atoms with van der Waals surface area (Å²) < 4.78 is 7.70. The van der Waals surface area contributed by atoms with Gasteiger partial charge in [0.1, 0.15) is 6.23 Å². The molecule has 1 aliphatic rings. The molecule has 1 rings (SSSR count). The Balaban J connectivity index is 2.99. The van der Waals surface area contributed by atoms with Gasteiger partial charge in [0.2, 0.25) is 5.91 Å². The van der Waals surface area contributed by atoms with E-state index in [4.69, 9.17) is 10.3 Å². The lowest BCUT2D eigenvalue weighted by Crippen LogP contribution is -2.75. The van der Waals surface area contributed by atoms with Gasteiger partial charge in [-0.15, -0.1) is 0 Å². The number of ether oxygens (including phenoxy) is 1. The molecular formula is C13H26N4O2Si. The Kier molecular flexibility index (Phi) is 4.89. The first-order valence-corrected chi connectivity index (χ1v) is 9.97. The fraction of sp³-hybridized carbons (Fsp3) is 0.923. The summed E-state index contributed by atoms with van der Waals surface area (Å²) in [7, 11) is -2.01. The van der Waals surface area contributed by atoms with Crippen LogP contribution in [0.3, 0.4) is 0 Å². The minimum absolute atomic E-state index is 0.0312. The minimum Gasteiger partial charge on any atom is -0.358 e. The maximum atomic E-state index is 12.3. The number of carbonyl (C=O) groups is 1. The summed E-state index contributed by atoms with van der Waals surface area (Å²) in [5.41, 5.74) is 8.61. The fourth-order valence-corrected chi connectivity index (χ4v) is 4.28. The Morgan fingerprint density at radius 1 is 1.45 bits per heavy atom. The molecule has 0 aromatic rings. The lowest BCUT2D eigenvalue weighted by molar-refractivity contribution is -0.167. The molecule has 20 heavy (non-hydrogen) atoms. The molecule has 0 radical (unpaired) electrons. The van der Waals surface area contributed by atoms with Gasteiger partial charge in [0.25, 0.3) is 0 Å². The summed E-state index contributed by atoms with van der Waals surface area (Å²) in [5, 5.41) is 3.63. The van der Waals surface area contributed by atoms with Gasteiger partial charge in [0.05, 0.1) is 6.61 Å². The van der Waals surface area contributed by atoms with Crippen molar-refractivity contribution in [1.29, 1.82) is 0 Å². The summed E-state index contributed by atoms with van der Waals surface area (Å²) >= 11 is 0. The van der Waals surface area contributed by atoms with E-state index >= 15 is 0 Å². The van der Waals surface area contributed by atoms with Crippen molar-refractivity contribution in [3.63, 3.8) is 0 Å². The highest BCUT2D eigenvalue weighted by atomic mass is 28.3. The summed E-state index contributed by atoms with van der Waals surface area (Å²) in [4.78, 5) is 15.1. The van der Waals surface area contributed by atoms with Crippen LogP contribution in [0.25, 0.3) is 10.4 Å². The number of hydrogen-bond acceptors (Lipinski definition) is 3. The van der Waals surface area contributed by atoms with Crippen LogP contribution in [0.15, 0.2) is 5.11 Å². The third kappa shape index (κ3) is 3.00. The molecule has 7 heteroatoms. The zero-order chi connectivity index (χ0) is 15.7. The van der Waals surface area contributed by atoms with Gasteiger partial charge >= 0.3 is 0 Å². The summed E-state index contributed by atoms with van der Waals surface area (Å²) in [6.07, 6.45) is -0.401. The average molecular weight is 298 g/mol. The van der Waals surface area contributed by atoms with E-state index in [1.165, 1.54) is 0 Å². The Labute approximate surface area is 122 Å². The largest absolute Gasteiger partial charge is 0.358 e. The van der Waals surface area contributed by atoms with Gasteiger partial charge in [0, 0.05) is 4.91 Å². The number of carbonyl (C=O) groups excluding carboxylic acids is 1. The smallest absolute Gasteiger partial charge is 0.230 e. The van der Waals surface area contributed by atoms with Crippen molar-refractivity contribution in [3.8, 4) is 0 Å². The van der Waals surface area contributed by atoms with E-state index in [9.17, 15) is 4.79 Å². The van der Waals surface area contributed by atoms with Crippen molar-refractivity contribution in [2.45, 2.75) is 65.0 Å². The Morgan fingerprint density at radius 2 is 2.00 bits per heavy atom. The van der Waals surface area contributed by atoms with Crippen molar-refractivity contribution in [1.82, 2.24) is 4.57 Å². The van der Waals surface area contributed by atoms with Gasteiger partial charge in [-0.05, 0) is 16.5 Å². The van der Waals surface area contributed by atoms with Crippen molar-refractivity contribution in [3.05, 3.63) is 10.4 Å². The fourth-order valence-electron chi connectivity index (χ4n) is 2.02. The first-order chi connectivity index (χ1) is 9.04. The van der Waals surface area contributed by atoms with Gasteiger partial charge in [0.15, 0.2) is 14.3 Å². The average Bonchev–Trinajstić information content (AvgIpc) is 2.28. The number of amides is 1. The normalized spacial score (nSPS) is 23.6. The second kappa shape index (κ2) is 5.75. The highest BCUT2D eigenvalue weighted by Crippen LogP contribution is 2.43. The van der Waals surface area contributed by atoms with E-state index in [0.717, 1.165) is 0 Å². The predicted octanol–water partition coefficient (Wildman–Crippen LogP) is 3.51. The molecule has 2 unspecified atom stereocenters. The molecule has 0 aliphatic carbocycles. The molecule has 0 spiro atoms. The highest BCUT2D eigenvalue weighted by Gasteiger charge is 2.57. The molecular weight excluding hydrogens is 272 g/mol. The molecule has 114 valence electrons. The number of azide groups is 1.